The Morgan fingerprint density at radius 3 is 2.59 bits per heavy atom. The van der Waals surface area contributed by atoms with Gasteiger partial charge < -0.3 is 19.4 Å². The summed E-state index contributed by atoms with van der Waals surface area (Å²) in [6, 6.07) is 5.88. The molecule has 1 aliphatic rings. The van der Waals surface area contributed by atoms with Gasteiger partial charge in [-0.1, -0.05) is 18.2 Å². The van der Waals surface area contributed by atoms with Crippen LogP contribution >= 0.6 is 0 Å². The third kappa shape index (κ3) is 2.47. The number of benzene rings is 1. The van der Waals surface area contributed by atoms with Gasteiger partial charge >= 0.3 is 7.12 Å². The van der Waals surface area contributed by atoms with Crippen LogP contribution in [-0.4, -0.2) is 40.0 Å². The Kier molecular flexibility index (Phi) is 3.63. The highest BCUT2D eigenvalue weighted by atomic mass is 16.7. The lowest BCUT2D eigenvalue weighted by Crippen LogP contribution is -2.41. The molecule has 2 aromatic rings. The molecule has 0 unspecified atom stereocenters. The number of aromatic nitrogens is 2. The molecule has 6 heteroatoms. The standard InChI is InChI=1S/C16H21BN2O3/c1-15(2)16(3,4)22-17(21-15)12(9-20)8-11-6-5-7-13-14(11)19-10-18-13/h5-8,10,20H,9H2,1-4H3,(H,18,19). The predicted octanol–water partition coefficient (Wildman–Crippen LogP) is 2.57. The van der Waals surface area contributed by atoms with E-state index in [0.29, 0.717) is 5.47 Å². The van der Waals surface area contributed by atoms with E-state index in [9.17, 15) is 5.11 Å². The van der Waals surface area contributed by atoms with Crippen LogP contribution in [0.15, 0.2) is 30.0 Å². The first-order valence-electron chi connectivity index (χ1n) is 7.43. The summed E-state index contributed by atoms with van der Waals surface area (Å²) in [6.07, 6.45) is 3.56. The van der Waals surface area contributed by atoms with Crippen LogP contribution in [0.4, 0.5) is 0 Å². The van der Waals surface area contributed by atoms with E-state index in [1.54, 1.807) is 6.33 Å². The molecule has 0 aliphatic carbocycles. The van der Waals surface area contributed by atoms with Crippen molar-refractivity contribution in [1.29, 1.82) is 0 Å². The molecule has 1 aromatic carbocycles. The van der Waals surface area contributed by atoms with E-state index in [4.69, 9.17) is 9.31 Å². The van der Waals surface area contributed by atoms with Gasteiger partial charge in [0, 0.05) is 5.56 Å². The van der Waals surface area contributed by atoms with Crippen LogP contribution in [0.1, 0.15) is 33.3 Å². The fourth-order valence-corrected chi connectivity index (χ4v) is 2.49. The molecule has 116 valence electrons. The molecule has 0 atom stereocenters. The van der Waals surface area contributed by atoms with Crippen LogP contribution in [0.25, 0.3) is 17.1 Å². The van der Waals surface area contributed by atoms with Gasteiger partial charge in [-0.2, -0.15) is 0 Å². The quantitative estimate of drug-likeness (QED) is 0.855. The van der Waals surface area contributed by atoms with Gasteiger partial charge in [-0.25, -0.2) is 4.98 Å². The molecule has 1 saturated heterocycles. The summed E-state index contributed by atoms with van der Waals surface area (Å²) >= 11 is 0. The molecule has 1 fully saturated rings. The van der Waals surface area contributed by atoms with Gasteiger partial charge in [0.1, 0.15) is 0 Å². The highest BCUT2D eigenvalue weighted by Gasteiger charge is 2.52. The Morgan fingerprint density at radius 2 is 1.95 bits per heavy atom. The Hall–Kier alpha value is -1.63. The van der Waals surface area contributed by atoms with Gasteiger partial charge in [0.05, 0.1) is 35.2 Å². The summed E-state index contributed by atoms with van der Waals surface area (Å²) in [5.41, 5.74) is 2.59. The summed E-state index contributed by atoms with van der Waals surface area (Å²) in [5, 5.41) is 9.75. The predicted molar refractivity (Wildman–Crippen MR) is 87.2 cm³/mol. The fraction of sp³-hybridized carbons (Fsp3) is 0.438. The van der Waals surface area contributed by atoms with E-state index in [1.165, 1.54) is 0 Å². The van der Waals surface area contributed by atoms with Crippen LogP contribution < -0.4 is 0 Å². The minimum absolute atomic E-state index is 0.127. The minimum Gasteiger partial charge on any atom is -0.400 e. The number of fused-ring (bicyclic) bond motifs is 1. The van der Waals surface area contributed by atoms with Crippen molar-refractivity contribution in [2.24, 2.45) is 0 Å². The molecule has 22 heavy (non-hydrogen) atoms. The zero-order valence-corrected chi connectivity index (χ0v) is 13.4. The zero-order valence-electron chi connectivity index (χ0n) is 13.4. The van der Waals surface area contributed by atoms with Gasteiger partial charge in [-0.3, -0.25) is 0 Å². The highest BCUT2D eigenvalue weighted by molar-refractivity contribution is 6.55. The lowest BCUT2D eigenvalue weighted by atomic mass is 9.77. The maximum atomic E-state index is 9.75. The number of nitrogens with zero attached hydrogens (tertiary/aromatic N) is 1. The number of aliphatic hydroxyl groups is 1. The Labute approximate surface area is 130 Å². The van der Waals surface area contributed by atoms with Crippen molar-refractivity contribution >= 4 is 24.2 Å². The van der Waals surface area contributed by atoms with Crippen LogP contribution in [0.5, 0.6) is 0 Å². The first kappa shape index (κ1) is 15.3. The second kappa shape index (κ2) is 5.23. The number of H-pyrrole nitrogens is 1. The number of imidazole rings is 1. The summed E-state index contributed by atoms with van der Waals surface area (Å²) < 4.78 is 12.0. The number of aliphatic hydroxyl groups excluding tert-OH is 1. The van der Waals surface area contributed by atoms with Crippen molar-refractivity contribution in [1.82, 2.24) is 9.97 Å². The molecular weight excluding hydrogens is 279 g/mol. The topological polar surface area (TPSA) is 67.4 Å². The smallest absolute Gasteiger partial charge is 0.400 e. The van der Waals surface area contributed by atoms with E-state index in [0.717, 1.165) is 16.6 Å². The number of rotatable bonds is 3. The summed E-state index contributed by atoms with van der Waals surface area (Å²) in [4.78, 5) is 7.41. The number of hydrogen-bond acceptors (Lipinski definition) is 4. The van der Waals surface area contributed by atoms with Gasteiger partial charge in [0.25, 0.3) is 0 Å². The van der Waals surface area contributed by atoms with E-state index in [1.807, 2.05) is 52.0 Å². The molecule has 3 rings (SSSR count). The largest absolute Gasteiger partial charge is 0.492 e. The molecule has 0 amide bonds. The molecule has 0 bridgehead atoms. The van der Waals surface area contributed by atoms with E-state index >= 15 is 0 Å². The molecule has 0 spiro atoms. The molecule has 1 aliphatic heterocycles. The molecule has 5 nitrogen and oxygen atoms in total. The minimum atomic E-state index is -0.552. The Balaban J connectivity index is 1.97. The van der Waals surface area contributed by atoms with Crippen molar-refractivity contribution < 1.29 is 14.4 Å². The maximum absolute atomic E-state index is 9.75. The van der Waals surface area contributed by atoms with Crippen molar-refractivity contribution in [3.05, 3.63) is 35.6 Å². The molecule has 0 radical (unpaired) electrons. The molecule has 0 saturated carbocycles. The first-order chi connectivity index (χ1) is 10.3. The number of aromatic amines is 1. The zero-order chi connectivity index (χ0) is 16.0. The Bertz CT molecular complexity index is 705. The monoisotopic (exact) mass is 300 g/mol. The van der Waals surface area contributed by atoms with E-state index in [2.05, 4.69) is 9.97 Å². The van der Waals surface area contributed by atoms with E-state index < -0.39 is 18.3 Å². The average Bonchev–Trinajstić information content (AvgIpc) is 2.99. The molecule has 2 heterocycles. The van der Waals surface area contributed by atoms with Gasteiger partial charge in [-0.15, -0.1) is 0 Å². The molecule has 1 aromatic heterocycles. The SMILES string of the molecule is CC1(C)OB(C(=Cc2cccc3[nH]cnc23)CO)OC1(C)C. The number of hydrogen-bond donors (Lipinski definition) is 2. The van der Waals surface area contributed by atoms with Crippen LogP contribution in [0, 0.1) is 0 Å². The highest BCUT2D eigenvalue weighted by Crippen LogP contribution is 2.38. The second-order valence-corrected chi connectivity index (χ2v) is 6.61. The van der Waals surface area contributed by atoms with Crippen molar-refractivity contribution in [3.63, 3.8) is 0 Å². The normalized spacial score (nSPS) is 20.8. The van der Waals surface area contributed by atoms with E-state index in [-0.39, 0.29) is 6.61 Å². The third-order valence-corrected chi connectivity index (χ3v) is 4.56. The lowest BCUT2D eigenvalue weighted by Gasteiger charge is -2.32. The second-order valence-electron chi connectivity index (χ2n) is 6.61. The molecular formula is C16H21BN2O3. The summed E-state index contributed by atoms with van der Waals surface area (Å²) in [7, 11) is -0.552. The van der Waals surface area contributed by atoms with Crippen molar-refractivity contribution in [3.8, 4) is 0 Å². The van der Waals surface area contributed by atoms with Crippen molar-refractivity contribution in [2.75, 3.05) is 6.61 Å². The number of nitrogens with one attached hydrogen (secondary N) is 1. The fourth-order valence-electron chi connectivity index (χ4n) is 2.49. The average molecular weight is 300 g/mol. The maximum Gasteiger partial charge on any atom is 0.492 e. The van der Waals surface area contributed by atoms with Crippen LogP contribution in [0.2, 0.25) is 0 Å². The molecule has 2 N–H and O–H groups in total. The lowest BCUT2D eigenvalue weighted by molar-refractivity contribution is 0.00578. The van der Waals surface area contributed by atoms with Crippen LogP contribution in [0.3, 0.4) is 0 Å². The summed E-state index contributed by atoms with van der Waals surface area (Å²) in [6.45, 7) is 7.86. The first-order valence-corrected chi connectivity index (χ1v) is 7.43. The third-order valence-electron chi connectivity index (χ3n) is 4.56. The van der Waals surface area contributed by atoms with Gasteiger partial charge in [0.2, 0.25) is 0 Å². The van der Waals surface area contributed by atoms with Crippen LogP contribution in [-0.2, 0) is 9.31 Å². The Morgan fingerprint density at radius 1 is 1.27 bits per heavy atom. The van der Waals surface area contributed by atoms with Crippen molar-refractivity contribution in [2.45, 2.75) is 38.9 Å². The van der Waals surface area contributed by atoms with Gasteiger partial charge in [-0.05, 0) is 39.2 Å². The van der Waals surface area contributed by atoms with Gasteiger partial charge in [0.15, 0.2) is 0 Å². The number of para-hydroxylation sites is 1. The summed E-state index contributed by atoms with van der Waals surface area (Å²) in [5.74, 6) is 0.